The second-order valence-corrected chi connectivity index (χ2v) is 6.88. The molecule has 0 aromatic heterocycles. The molecule has 116 valence electrons. The second-order valence-electron chi connectivity index (χ2n) is 6.88. The van der Waals surface area contributed by atoms with Crippen molar-refractivity contribution < 1.29 is 4.79 Å². The highest BCUT2D eigenvalue weighted by molar-refractivity contribution is 5.79. The predicted octanol–water partition coefficient (Wildman–Crippen LogP) is 2.99. The molecule has 1 aromatic rings. The van der Waals surface area contributed by atoms with Crippen molar-refractivity contribution in [3.8, 4) is 0 Å². The second kappa shape index (κ2) is 7.08. The summed E-state index contributed by atoms with van der Waals surface area (Å²) < 4.78 is 0. The predicted molar refractivity (Wildman–Crippen MR) is 87.0 cm³/mol. The fourth-order valence-corrected chi connectivity index (χ4v) is 3.09. The van der Waals surface area contributed by atoms with E-state index in [0.717, 1.165) is 25.7 Å². The number of nitrogens with one attached hydrogen (secondary N) is 1. The Morgan fingerprint density at radius 2 is 1.86 bits per heavy atom. The van der Waals surface area contributed by atoms with Gasteiger partial charge in [-0.25, -0.2) is 0 Å². The Labute approximate surface area is 128 Å². The van der Waals surface area contributed by atoms with E-state index in [9.17, 15) is 4.79 Å². The molecule has 0 aliphatic heterocycles. The fourth-order valence-electron chi connectivity index (χ4n) is 3.09. The lowest BCUT2D eigenvalue weighted by atomic mass is 9.84. The topological polar surface area (TPSA) is 55.1 Å². The molecule has 3 N–H and O–H groups in total. The molecule has 1 aliphatic rings. The Morgan fingerprint density at radius 3 is 2.57 bits per heavy atom. The van der Waals surface area contributed by atoms with Crippen molar-refractivity contribution in [1.29, 1.82) is 0 Å². The molecule has 3 nitrogen and oxygen atoms in total. The van der Waals surface area contributed by atoms with Gasteiger partial charge in [-0.15, -0.1) is 0 Å². The van der Waals surface area contributed by atoms with E-state index < -0.39 is 0 Å². The summed E-state index contributed by atoms with van der Waals surface area (Å²) in [5.41, 5.74) is 7.35. The average Bonchev–Trinajstić information content (AvgIpc) is 2.70. The summed E-state index contributed by atoms with van der Waals surface area (Å²) in [6, 6.07) is 10.4. The first-order valence-electron chi connectivity index (χ1n) is 8.09. The van der Waals surface area contributed by atoms with Gasteiger partial charge in [0.05, 0.1) is 5.92 Å². The lowest BCUT2D eigenvalue weighted by molar-refractivity contribution is -0.126. The highest BCUT2D eigenvalue weighted by Crippen LogP contribution is 2.24. The molecular formula is C18H28N2O. The third-order valence-corrected chi connectivity index (χ3v) is 4.67. The Hall–Kier alpha value is -1.35. The summed E-state index contributed by atoms with van der Waals surface area (Å²) in [6.45, 7) is 4.98. The number of carbonyl (C=O) groups excluding carboxylic acids is 1. The third-order valence-electron chi connectivity index (χ3n) is 4.67. The van der Waals surface area contributed by atoms with Crippen molar-refractivity contribution in [1.82, 2.24) is 5.32 Å². The van der Waals surface area contributed by atoms with E-state index in [1.807, 2.05) is 18.2 Å². The zero-order chi connectivity index (χ0) is 15.3. The molecule has 21 heavy (non-hydrogen) atoms. The molecule has 0 radical (unpaired) electrons. The molecule has 1 saturated carbocycles. The number of benzene rings is 1. The first-order chi connectivity index (χ1) is 10.0. The largest absolute Gasteiger partial charge is 0.355 e. The first kappa shape index (κ1) is 16.0. The van der Waals surface area contributed by atoms with Crippen molar-refractivity contribution in [3.05, 3.63) is 35.9 Å². The number of amides is 1. The number of hydrogen-bond donors (Lipinski definition) is 2. The molecule has 3 heteroatoms. The Balaban J connectivity index is 1.93. The SMILES string of the molecule is CC(C)(CNC(=O)C1CCCCCC1N)c1ccccc1. The van der Waals surface area contributed by atoms with Crippen LogP contribution in [0, 0.1) is 5.92 Å². The lowest BCUT2D eigenvalue weighted by Crippen LogP contribution is -2.45. The first-order valence-corrected chi connectivity index (χ1v) is 8.09. The molecular weight excluding hydrogens is 260 g/mol. The lowest BCUT2D eigenvalue weighted by Gasteiger charge is -2.28. The Bertz CT molecular complexity index is 456. The van der Waals surface area contributed by atoms with Crippen LogP contribution in [0.2, 0.25) is 0 Å². The summed E-state index contributed by atoms with van der Waals surface area (Å²) in [5.74, 6) is 0.118. The molecule has 2 rings (SSSR count). The minimum atomic E-state index is -0.0637. The van der Waals surface area contributed by atoms with Gasteiger partial charge in [0, 0.05) is 18.0 Å². The van der Waals surface area contributed by atoms with Gasteiger partial charge >= 0.3 is 0 Å². The summed E-state index contributed by atoms with van der Waals surface area (Å²) in [7, 11) is 0. The van der Waals surface area contributed by atoms with Gasteiger partial charge in [0.25, 0.3) is 0 Å². The van der Waals surface area contributed by atoms with Crippen LogP contribution in [0.4, 0.5) is 0 Å². The number of nitrogens with two attached hydrogens (primary N) is 1. The van der Waals surface area contributed by atoms with Gasteiger partial charge < -0.3 is 11.1 Å². The van der Waals surface area contributed by atoms with Gasteiger partial charge in [-0.1, -0.05) is 63.4 Å². The van der Waals surface area contributed by atoms with Crippen LogP contribution in [0.1, 0.15) is 51.5 Å². The van der Waals surface area contributed by atoms with Crippen molar-refractivity contribution >= 4 is 5.91 Å². The minimum absolute atomic E-state index is 0.0147. The summed E-state index contributed by atoms with van der Waals surface area (Å²) in [5, 5.41) is 3.13. The molecule has 0 spiro atoms. The van der Waals surface area contributed by atoms with Gasteiger partial charge in [0.15, 0.2) is 0 Å². The number of hydrogen-bond acceptors (Lipinski definition) is 2. The summed E-state index contributed by atoms with van der Waals surface area (Å²) in [6.07, 6.45) is 5.38. The van der Waals surface area contributed by atoms with Crippen molar-refractivity contribution in [2.24, 2.45) is 11.7 Å². The van der Waals surface area contributed by atoms with E-state index in [-0.39, 0.29) is 23.3 Å². The third kappa shape index (κ3) is 4.31. The highest BCUT2D eigenvalue weighted by Gasteiger charge is 2.28. The maximum atomic E-state index is 12.4. The van der Waals surface area contributed by atoms with Gasteiger partial charge in [-0.05, 0) is 18.4 Å². The molecule has 2 atom stereocenters. The van der Waals surface area contributed by atoms with Crippen LogP contribution in [0.3, 0.4) is 0 Å². The fraction of sp³-hybridized carbons (Fsp3) is 0.611. The van der Waals surface area contributed by atoms with Gasteiger partial charge in [0.2, 0.25) is 5.91 Å². The Kier molecular flexibility index (Phi) is 5.40. The molecule has 2 unspecified atom stereocenters. The smallest absolute Gasteiger partial charge is 0.224 e. The van der Waals surface area contributed by atoms with E-state index in [4.69, 9.17) is 5.73 Å². The van der Waals surface area contributed by atoms with Gasteiger partial charge in [-0.2, -0.15) is 0 Å². The van der Waals surface area contributed by atoms with Gasteiger partial charge in [0.1, 0.15) is 0 Å². The van der Waals surface area contributed by atoms with Crippen LogP contribution in [0.5, 0.6) is 0 Å². The number of rotatable bonds is 4. The van der Waals surface area contributed by atoms with E-state index in [1.54, 1.807) is 0 Å². The minimum Gasteiger partial charge on any atom is -0.355 e. The van der Waals surface area contributed by atoms with Crippen molar-refractivity contribution in [3.63, 3.8) is 0 Å². The van der Waals surface area contributed by atoms with E-state index >= 15 is 0 Å². The molecule has 1 aromatic carbocycles. The van der Waals surface area contributed by atoms with E-state index in [0.29, 0.717) is 6.54 Å². The molecule has 1 fully saturated rings. The molecule has 1 amide bonds. The van der Waals surface area contributed by atoms with Crippen LogP contribution in [0.25, 0.3) is 0 Å². The average molecular weight is 288 g/mol. The normalized spacial score (nSPS) is 23.4. The molecule has 0 bridgehead atoms. The van der Waals surface area contributed by atoms with Crippen LogP contribution in [0.15, 0.2) is 30.3 Å². The monoisotopic (exact) mass is 288 g/mol. The zero-order valence-electron chi connectivity index (χ0n) is 13.3. The van der Waals surface area contributed by atoms with Gasteiger partial charge in [-0.3, -0.25) is 4.79 Å². The van der Waals surface area contributed by atoms with Crippen LogP contribution in [-0.4, -0.2) is 18.5 Å². The summed E-state index contributed by atoms with van der Waals surface area (Å²) >= 11 is 0. The van der Waals surface area contributed by atoms with Crippen molar-refractivity contribution in [2.45, 2.75) is 57.4 Å². The summed E-state index contributed by atoms with van der Waals surface area (Å²) in [4.78, 5) is 12.4. The standard InChI is InChI=1S/C18H28N2O/c1-18(2,14-9-5-3-6-10-14)13-20-17(21)15-11-7-4-8-12-16(15)19/h3,5-6,9-10,15-16H,4,7-8,11-13,19H2,1-2H3,(H,20,21). The van der Waals surface area contributed by atoms with Crippen LogP contribution in [-0.2, 0) is 10.2 Å². The Morgan fingerprint density at radius 1 is 1.19 bits per heavy atom. The van der Waals surface area contributed by atoms with E-state index in [1.165, 1.54) is 12.0 Å². The quantitative estimate of drug-likeness (QED) is 0.837. The zero-order valence-corrected chi connectivity index (χ0v) is 13.3. The molecule has 0 heterocycles. The molecule has 1 aliphatic carbocycles. The van der Waals surface area contributed by atoms with Crippen molar-refractivity contribution in [2.75, 3.05) is 6.54 Å². The highest BCUT2D eigenvalue weighted by atomic mass is 16.1. The maximum Gasteiger partial charge on any atom is 0.224 e. The number of carbonyl (C=O) groups is 1. The van der Waals surface area contributed by atoms with Crippen LogP contribution >= 0.6 is 0 Å². The van der Waals surface area contributed by atoms with Crippen LogP contribution < -0.4 is 11.1 Å². The maximum absolute atomic E-state index is 12.4. The van der Waals surface area contributed by atoms with E-state index in [2.05, 4.69) is 31.3 Å². The molecule has 0 saturated heterocycles.